The third-order valence-electron chi connectivity index (χ3n) is 8.06. The maximum Gasteiger partial charge on any atom is 0.236 e. The summed E-state index contributed by atoms with van der Waals surface area (Å²) in [6.07, 6.45) is 11.3. The number of benzene rings is 1. The van der Waals surface area contributed by atoms with Gasteiger partial charge in [0, 0.05) is 43.5 Å². The van der Waals surface area contributed by atoms with Crippen molar-refractivity contribution in [2.45, 2.75) is 50.7 Å². The molecule has 1 saturated carbocycles. The van der Waals surface area contributed by atoms with Crippen molar-refractivity contribution in [1.82, 2.24) is 24.6 Å². The molecule has 3 fully saturated rings. The first-order valence-corrected chi connectivity index (χ1v) is 13.6. The molecule has 8 heteroatoms. The normalized spacial score (nSPS) is 23.5. The molecule has 6 rings (SSSR count). The number of imidazole rings is 1. The molecule has 3 aromatic rings. The molecule has 3 aliphatic rings. The summed E-state index contributed by atoms with van der Waals surface area (Å²) in [5, 5.41) is 13.6. The molecule has 0 radical (unpaired) electrons. The van der Waals surface area contributed by atoms with Gasteiger partial charge >= 0.3 is 0 Å². The Hall–Kier alpha value is -3.12. The SMILES string of the molecule is Nc1nc2nc(-c3ccccc3O)cn2cc1C#CC1CC(OC2CCN(CC3CCNCC3)CC2)C1. The molecule has 8 nitrogen and oxygen atoms in total. The van der Waals surface area contributed by atoms with Gasteiger partial charge in [0.05, 0.1) is 23.5 Å². The molecule has 2 saturated heterocycles. The van der Waals surface area contributed by atoms with E-state index in [-0.39, 0.29) is 5.75 Å². The van der Waals surface area contributed by atoms with Crippen LogP contribution in [0.3, 0.4) is 0 Å². The van der Waals surface area contributed by atoms with Crippen LogP contribution in [-0.4, -0.2) is 69.3 Å². The maximum atomic E-state index is 10.1. The van der Waals surface area contributed by atoms with E-state index in [1.54, 1.807) is 12.1 Å². The highest BCUT2D eigenvalue weighted by Crippen LogP contribution is 2.33. The largest absolute Gasteiger partial charge is 0.507 e. The topological polar surface area (TPSA) is 101 Å². The van der Waals surface area contributed by atoms with Gasteiger partial charge in [-0.1, -0.05) is 24.0 Å². The van der Waals surface area contributed by atoms with Gasteiger partial charge in [-0.15, -0.1) is 0 Å². The summed E-state index contributed by atoms with van der Waals surface area (Å²) in [4.78, 5) is 11.6. The summed E-state index contributed by atoms with van der Waals surface area (Å²) in [5.74, 6) is 8.84. The number of ether oxygens (including phenoxy) is 1. The van der Waals surface area contributed by atoms with Crippen molar-refractivity contribution in [3.05, 3.63) is 42.2 Å². The fourth-order valence-electron chi connectivity index (χ4n) is 5.75. The lowest BCUT2D eigenvalue weighted by atomic mass is 9.82. The number of nitrogens with one attached hydrogen (secondary N) is 1. The molecule has 2 aliphatic heterocycles. The van der Waals surface area contributed by atoms with Crippen molar-refractivity contribution in [2.24, 2.45) is 11.8 Å². The Labute approximate surface area is 218 Å². The minimum Gasteiger partial charge on any atom is -0.507 e. The third kappa shape index (κ3) is 5.59. The number of phenolic OH excluding ortho intramolecular Hbond substituents is 1. The lowest BCUT2D eigenvalue weighted by molar-refractivity contribution is -0.0856. The fourth-order valence-corrected chi connectivity index (χ4v) is 5.75. The van der Waals surface area contributed by atoms with Crippen LogP contribution in [0.5, 0.6) is 5.75 Å². The Balaban J connectivity index is 0.997. The first-order chi connectivity index (χ1) is 18.1. The van der Waals surface area contributed by atoms with E-state index < -0.39 is 0 Å². The van der Waals surface area contributed by atoms with E-state index in [1.807, 2.05) is 28.9 Å². The Kier molecular flexibility index (Phi) is 7.01. The number of hydrogen-bond donors (Lipinski definition) is 3. The van der Waals surface area contributed by atoms with E-state index in [4.69, 9.17) is 10.5 Å². The van der Waals surface area contributed by atoms with Crippen LogP contribution in [0.1, 0.15) is 44.1 Å². The number of hydrogen-bond acceptors (Lipinski definition) is 7. The number of rotatable bonds is 5. The first-order valence-electron chi connectivity index (χ1n) is 13.6. The minimum atomic E-state index is 0.184. The Morgan fingerprint density at radius 2 is 1.81 bits per heavy atom. The zero-order valence-corrected chi connectivity index (χ0v) is 21.3. The second kappa shape index (κ2) is 10.7. The molecule has 4 heterocycles. The zero-order chi connectivity index (χ0) is 25.2. The van der Waals surface area contributed by atoms with E-state index >= 15 is 0 Å². The number of anilines is 1. The maximum absolute atomic E-state index is 10.1. The first kappa shape index (κ1) is 24.2. The summed E-state index contributed by atoms with van der Waals surface area (Å²) in [7, 11) is 0. The van der Waals surface area contributed by atoms with Crippen LogP contribution in [-0.2, 0) is 4.74 Å². The van der Waals surface area contributed by atoms with Gasteiger partial charge in [0.2, 0.25) is 5.78 Å². The number of phenols is 1. The number of nitrogen functional groups attached to an aromatic ring is 1. The highest BCUT2D eigenvalue weighted by molar-refractivity contribution is 5.68. The van der Waals surface area contributed by atoms with Crippen LogP contribution in [0, 0.1) is 23.7 Å². The van der Waals surface area contributed by atoms with Gasteiger partial charge in [-0.3, -0.25) is 4.40 Å². The van der Waals surface area contributed by atoms with Gasteiger partial charge in [0.15, 0.2) is 0 Å². The quantitative estimate of drug-likeness (QED) is 0.462. The van der Waals surface area contributed by atoms with Crippen molar-refractivity contribution >= 4 is 11.6 Å². The summed E-state index contributed by atoms with van der Waals surface area (Å²) < 4.78 is 8.22. The number of aromatic nitrogens is 3. The predicted octanol–water partition coefficient (Wildman–Crippen LogP) is 3.29. The summed E-state index contributed by atoms with van der Waals surface area (Å²) in [6, 6.07) is 7.13. The van der Waals surface area contributed by atoms with Crippen molar-refractivity contribution in [3.8, 4) is 28.8 Å². The van der Waals surface area contributed by atoms with E-state index in [9.17, 15) is 5.11 Å². The van der Waals surface area contributed by atoms with Gasteiger partial charge in [0.1, 0.15) is 11.6 Å². The van der Waals surface area contributed by atoms with Crippen LogP contribution < -0.4 is 11.1 Å². The Morgan fingerprint density at radius 3 is 2.59 bits per heavy atom. The number of likely N-dealkylation sites (tertiary alicyclic amines) is 1. The van der Waals surface area contributed by atoms with E-state index in [2.05, 4.69) is 32.0 Å². The van der Waals surface area contributed by atoms with E-state index in [0.717, 1.165) is 31.6 Å². The molecular weight excluding hydrogens is 464 g/mol. The van der Waals surface area contributed by atoms with Crippen molar-refractivity contribution in [2.75, 3.05) is 38.5 Å². The number of piperidine rings is 2. The van der Waals surface area contributed by atoms with Gasteiger partial charge in [-0.05, 0) is 69.7 Å². The minimum absolute atomic E-state index is 0.184. The van der Waals surface area contributed by atoms with E-state index in [0.29, 0.717) is 46.5 Å². The molecule has 1 aliphatic carbocycles. The monoisotopic (exact) mass is 500 g/mol. The standard InChI is InChI=1S/C29H36N6O2/c30-28-22(18-35-19-26(32-29(35)33-28)25-3-1-2-4-27(25)36)6-5-21-15-24(16-21)37-23-9-13-34(14-10-23)17-20-7-11-31-12-8-20/h1-4,18-21,23-24,31,36H,7-17H2,(H2,30,32,33). The van der Waals surface area contributed by atoms with Crippen LogP contribution in [0.15, 0.2) is 36.7 Å². The molecule has 4 N–H and O–H groups in total. The average molecular weight is 501 g/mol. The van der Waals surface area contributed by atoms with Crippen molar-refractivity contribution in [3.63, 3.8) is 0 Å². The molecule has 0 bridgehead atoms. The number of nitrogens with zero attached hydrogens (tertiary/aromatic N) is 4. The second-order valence-corrected chi connectivity index (χ2v) is 10.8. The fraction of sp³-hybridized carbons (Fsp3) is 0.517. The Morgan fingerprint density at radius 1 is 1.03 bits per heavy atom. The number of para-hydroxylation sites is 1. The molecule has 0 amide bonds. The van der Waals surface area contributed by atoms with Gasteiger partial charge in [0.25, 0.3) is 0 Å². The summed E-state index contributed by atoms with van der Waals surface area (Å²) >= 11 is 0. The van der Waals surface area contributed by atoms with Crippen molar-refractivity contribution < 1.29 is 9.84 Å². The molecule has 0 atom stereocenters. The highest BCUT2D eigenvalue weighted by Gasteiger charge is 2.32. The smallest absolute Gasteiger partial charge is 0.236 e. The zero-order valence-electron chi connectivity index (χ0n) is 21.3. The lowest BCUT2D eigenvalue weighted by Gasteiger charge is -2.39. The van der Waals surface area contributed by atoms with Gasteiger partial charge in [-0.2, -0.15) is 4.98 Å². The predicted molar refractivity (Wildman–Crippen MR) is 144 cm³/mol. The summed E-state index contributed by atoms with van der Waals surface area (Å²) in [6.45, 7) is 5.95. The molecule has 1 aromatic carbocycles. The molecule has 37 heavy (non-hydrogen) atoms. The Bertz CT molecular complexity index is 1290. The van der Waals surface area contributed by atoms with Crippen molar-refractivity contribution in [1.29, 1.82) is 0 Å². The molecular formula is C29H36N6O2. The second-order valence-electron chi connectivity index (χ2n) is 10.8. The van der Waals surface area contributed by atoms with Crippen LogP contribution >= 0.6 is 0 Å². The number of aromatic hydroxyl groups is 1. The van der Waals surface area contributed by atoms with Crippen LogP contribution in [0.4, 0.5) is 5.82 Å². The van der Waals surface area contributed by atoms with Gasteiger partial charge < -0.3 is 25.8 Å². The van der Waals surface area contributed by atoms with E-state index in [1.165, 1.54) is 45.6 Å². The third-order valence-corrected chi connectivity index (χ3v) is 8.06. The van der Waals surface area contributed by atoms with Crippen LogP contribution in [0.2, 0.25) is 0 Å². The lowest BCUT2D eigenvalue weighted by Crippen LogP contribution is -2.43. The average Bonchev–Trinajstić information content (AvgIpc) is 3.29. The molecule has 0 spiro atoms. The molecule has 2 aromatic heterocycles. The van der Waals surface area contributed by atoms with Crippen LogP contribution in [0.25, 0.3) is 17.0 Å². The molecule has 0 unspecified atom stereocenters. The van der Waals surface area contributed by atoms with Gasteiger partial charge in [-0.25, -0.2) is 4.98 Å². The highest BCUT2D eigenvalue weighted by atomic mass is 16.5. The number of fused-ring (bicyclic) bond motifs is 1. The number of nitrogens with two attached hydrogens (primary N) is 1. The molecule has 194 valence electrons. The summed E-state index contributed by atoms with van der Waals surface area (Å²) in [5.41, 5.74) is 8.18.